The summed E-state index contributed by atoms with van der Waals surface area (Å²) in [7, 11) is 0. The Bertz CT molecular complexity index is 558. The number of hydrogen-bond donors (Lipinski definition) is 1. The van der Waals surface area contributed by atoms with E-state index in [4.69, 9.17) is 5.11 Å². The van der Waals surface area contributed by atoms with Gasteiger partial charge in [-0.1, -0.05) is 31.2 Å². The summed E-state index contributed by atoms with van der Waals surface area (Å²) in [5.41, 5.74) is 1.98. The van der Waals surface area contributed by atoms with E-state index in [-0.39, 0.29) is 0 Å². The molecule has 1 atom stereocenters. The van der Waals surface area contributed by atoms with Gasteiger partial charge >= 0.3 is 5.97 Å². The molecule has 0 aliphatic carbocycles. The van der Waals surface area contributed by atoms with Crippen LogP contribution in [-0.4, -0.2) is 20.6 Å². The third-order valence-corrected chi connectivity index (χ3v) is 3.32. The summed E-state index contributed by atoms with van der Waals surface area (Å²) in [6.07, 6.45) is 4.67. The lowest BCUT2D eigenvalue weighted by Gasteiger charge is -2.09. The van der Waals surface area contributed by atoms with Gasteiger partial charge in [0.05, 0.1) is 5.92 Å². The van der Waals surface area contributed by atoms with E-state index in [1.807, 2.05) is 30.5 Å². The Morgan fingerprint density at radius 3 is 2.63 bits per heavy atom. The van der Waals surface area contributed by atoms with Crippen molar-refractivity contribution in [3.05, 3.63) is 53.6 Å². The summed E-state index contributed by atoms with van der Waals surface area (Å²) in [6.45, 7) is 4.55. The summed E-state index contributed by atoms with van der Waals surface area (Å²) < 4.78 is 2.11. The molecule has 100 valence electrons. The van der Waals surface area contributed by atoms with Gasteiger partial charge < -0.3 is 9.67 Å². The molecular weight excluding hydrogens is 240 g/mol. The summed E-state index contributed by atoms with van der Waals surface area (Å²) in [5.74, 6) is -0.202. The van der Waals surface area contributed by atoms with Gasteiger partial charge in [-0.2, -0.15) is 0 Å². The maximum absolute atomic E-state index is 10.9. The van der Waals surface area contributed by atoms with Crippen molar-refractivity contribution >= 4 is 5.97 Å². The fraction of sp³-hybridized carbons (Fsp3) is 0.333. The Morgan fingerprint density at radius 2 is 2.05 bits per heavy atom. The number of carboxylic acids is 1. The number of aromatic nitrogens is 2. The second-order valence-electron chi connectivity index (χ2n) is 4.63. The molecule has 0 saturated heterocycles. The van der Waals surface area contributed by atoms with Crippen molar-refractivity contribution in [2.45, 2.75) is 32.7 Å². The fourth-order valence-corrected chi connectivity index (χ4v) is 2.05. The number of hydrogen-bond acceptors (Lipinski definition) is 2. The molecule has 1 aromatic carbocycles. The minimum Gasteiger partial charge on any atom is -0.481 e. The summed E-state index contributed by atoms with van der Waals surface area (Å²) in [6, 6.07) is 7.73. The van der Waals surface area contributed by atoms with Crippen molar-refractivity contribution in [2.75, 3.05) is 0 Å². The lowest BCUT2D eigenvalue weighted by atomic mass is 10.00. The van der Waals surface area contributed by atoms with E-state index in [0.717, 1.165) is 29.9 Å². The molecule has 2 aromatic rings. The number of aliphatic carboxylic acids is 1. The first-order valence-electron chi connectivity index (χ1n) is 6.43. The van der Waals surface area contributed by atoms with Gasteiger partial charge in [-0.3, -0.25) is 4.79 Å². The molecule has 0 bridgehead atoms. The molecular formula is C15H18N2O2. The second-order valence-corrected chi connectivity index (χ2v) is 4.63. The van der Waals surface area contributed by atoms with Crippen LogP contribution >= 0.6 is 0 Å². The molecule has 0 aliphatic rings. The number of carbonyl (C=O) groups is 1. The van der Waals surface area contributed by atoms with E-state index in [9.17, 15) is 4.79 Å². The maximum Gasteiger partial charge on any atom is 0.310 e. The van der Waals surface area contributed by atoms with E-state index in [1.54, 1.807) is 13.1 Å². The van der Waals surface area contributed by atoms with Gasteiger partial charge in [-0.05, 0) is 18.1 Å². The number of imidazole rings is 1. The van der Waals surface area contributed by atoms with E-state index < -0.39 is 11.9 Å². The summed E-state index contributed by atoms with van der Waals surface area (Å²) in [4.78, 5) is 15.2. The van der Waals surface area contributed by atoms with Gasteiger partial charge in [0.25, 0.3) is 0 Å². The highest BCUT2D eigenvalue weighted by atomic mass is 16.4. The van der Waals surface area contributed by atoms with E-state index in [1.165, 1.54) is 0 Å². The quantitative estimate of drug-likeness (QED) is 0.897. The maximum atomic E-state index is 10.9. The van der Waals surface area contributed by atoms with E-state index in [2.05, 4.69) is 16.5 Å². The third kappa shape index (κ3) is 3.02. The van der Waals surface area contributed by atoms with Crippen LogP contribution in [0, 0.1) is 0 Å². The van der Waals surface area contributed by atoms with Crippen LogP contribution in [0.15, 0.2) is 36.7 Å². The number of aryl methyl sites for hydroxylation is 1. The average Bonchev–Trinajstić information content (AvgIpc) is 2.86. The zero-order chi connectivity index (χ0) is 13.8. The van der Waals surface area contributed by atoms with Crippen LogP contribution in [0.4, 0.5) is 0 Å². The molecule has 0 saturated carbocycles. The van der Waals surface area contributed by atoms with Gasteiger partial charge in [0.2, 0.25) is 0 Å². The number of nitrogens with zero attached hydrogens (tertiary/aromatic N) is 2. The predicted octanol–water partition coefficient (Wildman–Crippen LogP) is 2.68. The molecule has 1 N–H and O–H groups in total. The van der Waals surface area contributed by atoms with E-state index >= 15 is 0 Å². The minimum absolute atomic E-state index is 0.464. The number of benzene rings is 1. The molecule has 1 unspecified atom stereocenters. The smallest absolute Gasteiger partial charge is 0.310 e. The Morgan fingerprint density at radius 1 is 1.37 bits per heavy atom. The average molecular weight is 258 g/mol. The largest absolute Gasteiger partial charge is 0.481 e. The van der Waals surface area contributed by atoms with Gasteiger partial charge in [-0.15, -0.1) is 0 Å². The van der Waals surface area contributed by atoms with Crippen molar-refractivity contribution in [3.8, 4) is 0 Å². The molecule has 1 aromatic heterocycles. The zero-order valence-electron chi connectivity index (χ0n) is 11.2. The number of rotatable bonds is 5. The van der Waals surface area contributed by atoms with Crippen LogP contribution < -0.4 is 0 Å². The first-order valence-corrected chi connectivity index (χ1v) is 6.43. The normalized spacial score (nSPS) is 12.3. The van der Waals surface area contributed by atoms with Gasteiger partial charge in [0.1, 0.15) is 5.82 Å². The predicted molar refractivity (Wildman–Crippen MR) is 73.2 cm³/mol. The van der Waals surface area contributed by atoms with Crippen LogP contribution in [0.5, 0.6) is 0 Å². The first-order chi connectivity index (χ1) is 9.11. The molecule has 2 rings (SSSR count). The molecule has 4 heteroatoms. The monoisotopic (exact) mass is 258 g/mol. The van der Waals surface area contributed by atoms with Gasteiger partial charge in [0, 0.05) is 25.4 Å². The Kier molecular flexibility index (Phi) is 4.00. The Hall–Kier alpha value is -2.10. The third-order valence-electron chi connectivity index (χ3n) is 3.32. The Labute approximate surface area is 112 Å². The summed E-state index contributed by atoms with van der Waals surface area (Å²) >= 11 is 0. The molecule has 0 amide bonds. The fourth-order valence-electron chi connectivity index (χ4n) is 2.05. The topological polar surface area (TPSA) is 55.1 Å². The molecule has 0 radical (unpaired) electrons. The Balaban J connectivity index is 2.13. The SMILES string of the molecule is CCc1nccn1Cc1ccc(C(C)C(=O)O)cc1. The second kappa shape index (κ2) is 5.69. The van der Waals surface area contributed by atoms with Crippen LogP contribution in [0.3, 0.4) is 0 Å². The molecule has 0 spiro atoms. The molecule has 1 heterocycles. The van der Waals surface area contributed by atoms with Crippen LogP contribution in [0.2, 0.25) is 0 Å². The van der Waals surface area contributed by atoms with E-state index in [0.29, 0.717) is 0 Å². The van der Waals surface area contributed by atoms with Crippen LogP contribution in [0.25, 0.3) is 0 Å². The van der Waals surface area contributed by atoms with Crippen molar-refractivity contribution in [2.24, 2.45) is 0 Å². The lowest BCUT2D eigenvalue weighted by molar-refractivity contribution is -0.138. The van der Waals surface area contributed by atoms with Crippen LogP contribution in [0.1, 0.15) is 36.7 Å². The van der Waals surface area contributed by atoms with Crippen molar-refractivity contribution in [1.29, 1.82) is 0 Å². The highest BCUT2D eigenvalue weighted by Crippen LogP contribution is 2.16. The zero-order valence-corrected chi connectivity index (χ0v) is 11.2. The minimum atomic E-state index is -0.796. The first kappa shape index (κ1) is 13.3. The highest BCUT2D eigenvalue weighted by molar-refractivity contribution is 5.75. The molecule has 19 heavy (non-hydrogen) atoms. The van der Waals surface area contributed by atoms with Gasteiger partial charge in [0.15, 0.2) is 0 Å². The van der Waals surface area contributed by atoms with Crippen LogP contribution in [-0.2, 0) is 17.8 Å². The number of carboxylic acid groups (broad SMARTS) is 1. The highest BCUT2D eigenvalue weighted by Gasteiger charge is 2.13. The molecule has 4 nitrogen and oxygen atoms in total. The van der Waals surface area contributed by atoms with Crippen molar-refractivity contribution in [3.63, 3.8) is 0 Å². The van der Waals surface area contributed by atoms with Crippen molar-refractivity contribution in [1.82, 2.24) is 9.55 Å². The standard InChI is InChI=1S/C15H18N2O2/c1-3-14-16-8-9-17(14)10-12-4-6-13(7-5-12)11(2)15(18)19/h4-9,11H,3,10H2,1-2H3,(H,18,19). The summed E-state index contributed by atoms with van der Waals surface area (Å²) in [5, 5.41) is 8.97. The van der Waals surface area contributed by atoms with Gasteiger partial charge in [-0.25, -0.2) is 4.98 Å². The molecule has 0 fully saturated rings. The lowest BCUT2D eigenvalue weighted by Crippen LogP contribution is -2.08. The molecule has 0 aliphatic heterocycles. The van der Waals surface area contributed by atoms with Crippen molar-refractivity contribution < 1.29 is 9.90 Å².